The summed E-state index contributed by atoms with van der Waals surface area (Å²) in [5.74, 6) is 0.108. The Kier molecular flexibility index (Phi) is 7.17. The Labute approximate surface area is 181 Å². The van der Waals surface area contributed by atoms with Gasteiger partial charge in [-0.25, -0.2) is 13.4 Å². The second-order valence-corrected chi connectivity index (χ2v) is 9.40. The molecule has 1 atom stereocenters. The van der Waals surface area contributed by atoms with Crippen LogP contribution in [0.1, 0.15) is 26.2 Å². The lowest BCUT2D eigenvalue weighted by Gasteiger charge is -2.26. The van der Waals surface area contributed by atoms with Gasteiger partial charge in [-0.15, -0.1) is 0 Å². The maximum Gasteiger partial charge on any atom is 0.246 e. The molecule has 1 amide bonds. The van der Waals surface area contributed by atoms with Gasteiger partial charge < -0.3 is 15.4 Å². The molecule has 3 rings (SSSR count). The molecule has 1 saturated heterocycles. The fraction of sp³-hybridized carbons (Fsp3) is 0.400. The van der Waals surface area contributed by atoms with Gasteiger partial charge in [0.1, 0.15) is 6.04 Å². The molecule has 1 aromatic heterocycles. The Balaban J connectivity index is 1.72. The van der Waals surface area contributed by atoms with Crippen LogP contribution in [-0.2, 0) is 14.8 Å². The predicted molar refractivity (Wildman–Crippen MR) is 117 cm³/mol. The van der Waals surface area contributed by atoms with E-state index in [4.69, 9.17) is 16.3 Å². The summed E-state index contributed by atoms with van der Waals surface area (Å²) in [6, 6.07) is 7.17. The van der Waals surface area contributed by atoms with E-state index in [1.54, 1.807) is 25.3 Å². The first-order valence-electron chi connectivity index (χ1n) is 9.68. The molecular formula is C20H25ClN4O4S. The molecule has 2 aromatic rings. The summed E-state index contributed by atoms with van der Waals surface area (Å²) in [6.45, 7) is 2.69. The molecule has 0 aliphatic carbocycles. The number of methoxy groups -OCH3 is 1. The zero-order chi connectivity index (χ0) is 21.7. The highest BCUT2D eigenvalue weighted by molar-refractivity contribution is 7.89. The number of halogens is 1. The maximum atomic E-state index is 12.9. The Morgan fingerprint density at radius 2 is 1.93 bits per heavy atom. The van der Waals surface area contributed by atoms with E-state index in [0.717, 1.165) is 19.3 Å². The number of anilines is 2. The van der Waals surface area contributed by atoms with Crippen LogP contribution in [0.2, 0.25) is 5.02 Å². The van der Waals surface area contributed by atoms with Gasteiger partial charge in [-0.2, -0.15) is 4.31 Å². The van der Waals surface area contributed by atoms with E-state index < -0.39 is 16.1 Å². The van der Waals surface area contributed by atoms with Crippen molar-refractivity contribution < 1.29 is 17.9 Å². The van der Waals surface area contributed by atoms with E-state index in [2.05, 4.69) is 15.6 Å². The van der Waals surface area contributed by atoms with Crippen LogP contribution < -0.4 is 15.4 Å². The summed E-state index contributed by atoms with van der Waals surface area (Å²) < 4.78 is 32.3. The van der Waals surface area contributed by atoms with E-state index in [9.17, 15) is 13.2 Å². The van der Waals surface area contributed by atoms with Gasteiger partial charge in [0.15, 0.2) is 0 Å². The molecule has 1 aromatic carbocycles. The number of hydrogen-bond donors (Lipinski definition) is 2. The summed E-state index contributed by atoms with van der Waals surface area (Å²) in [4.78, 5) is 16.8. The van der Waals surface area contributed by atoms with E-state index in [1.807, 2.05) is 0 Å². The first kappa shape index (κ1) is 22.3. The molecule has 0 unspecified atom stereocenters. The average Bonchev–Trinajstić information content (AvgIpc) is 2.76. The SMILES string of the molecule is COc1ccc(N[C@@H](C)C(=O)Nc2cc(S(=O)(=O)N3CCCCC3)ccc2Cl)cn1. The largest absolute Gasteiger partial charge is 0.481 e. The third-order valence-corrected chi connectivity index (χ3v) is 7.09. The van der Waals surface area contributed by atoms with Gasteiger partial charge in [0.2, 0.25) is 21.8 Å². The van der Waals surface area contributed by atoms with E-state index in [0.29, 0.717) is 24.7 Å². The number of carbonyl (C=O) groups excluding carboxylic acids is 1. The number of sulfonamides is 1. The zero-order valence-corrected chi connectivity index (χ0v) is 18.5. The number of nitrogens with zero attached hydrogens (tertiary/aromatic N) is 2. The molecule has 0 spiro atoms. The lowest BCUT2D eigenvalue weighted by Crippen LogP contribution is -2.35. The minimum atomic E-state index is -3.62. The van der Waals surface area contributed by atoms with Crippen molar-refractivity contribution in [3.05, 3.63) is 41.6 Å². The monoisotopic (exact) mass is 452 g/mol. The number of aromatic nitrogens is 1. The van der Waals surface area contributed by atoms with Crippen molar-refractivity contribution in [2.24, 2.45) is 0 Å². The van der Waals surface area contributed by atoms with Crippen molar-refractivity contribution in [1.82, 2.24) is 9.29 Å². The number of rotatable bonds is 7. The van der Waals surface area contributed by atoms with Crippen LogP contribution in [0.5, 0.6) is 5.88 Å². The number of pyridine rings is 1. The zero-order valence-electron chi connectivity index (χ0n) is 16.9. The average molecular weight is 453 g/mol. The van der Waals surface area contributed by atoms with Gasteiger partial charge in [-0.1, -0.05) is 18.0 Å². The van der Waals surface area contributed by atoms with Crippen LogP contribution in [-0.4, -0.2) is 49.9 Å². The molecule has 0 radical (unpaired) electrons. The highest BCUT2D eigenvalue weighted by atomic mass is 35.5. The molecule has 30 heavy (non-hydrogen) atoms. The van der Waals surface area contributed by atoms with Crippen LogP contribution in [0, 0.1) is 0 Å². The summed E-state index contributed by atoms with van der Waals surface area (Å²) in [6.07, 6.45) is 4.28. The minimum absolute atomic E-state index is 0.115. The highest BCUT2D eigenvalue weighted by Crippen LogP contribution is 2.28. The Morgan fingerprint density at radius 3 is 2.57 bits per heavy atom. The van der Waals surface area contributed by atoms with E-state index in [-0.39, 0.29) is 21.5 Å². The summed E-state index contributed by atoms with van der Waals surface area (Å²) >= 11 is 6.21. The number of benzene rings is 1. The molecule has 10 heteroatoms. The Bertz CT molecular complexity index is 992. The van der Waals surface area contributed by atoms with Crippen LogP contribution in [0.4, 0.5) is 11.4 Å². The topological polar surface area (TPSA) is 101 Å². The fourth-order valence-electron chi connectivity index (χ4n) is 3.16. The molecule has 162 valence electrons. The van der Waals surface area contributed by atoms with Gasteiger partial charge in [-0.05, 0) is 44.0 Å². The second-order valence-electron chi connectivity index (χ2n) is 7.05. The number of piperidine rings is 1. The number of ether oxygens (including phenoxy) is 1. The van der Waals surface area contributed by atoms with Crippen molar-refractivity contribution in [2.75, 3.05) is 30.8 Å². The molecule has 2 heterocycles. The normalized spacial score (nSPS) is 16.0. The molecule has 1 aliphatic heterocycles. The number of nitrogens with one attached hydrogen (secondary N) is 2. The van der Waals surface area contributed by atoms with Gasteiger partial charge >= 0.3 is 0 Å². The number of carbonyl (C=O) groups is 1. The van der Waals surface area contributed by atoms with Crippen molar-refractivity contribution in [2.45, 2.75) is 37.1 Å². The van der Waals surface area contributed by atoms with Crippen molar-refractivity contribution in [1.29, 1.82) is 0 Å². The third kappa shape index (κ3) is 5.21. The second kappa shape index (κ2) is 9.63. The van der Waals surface area contributed by atoms with Crippen molar-refractivity contribution in [3.63, 3.8) is 0 Å². The first-order valence-corrected chi connectivity index (χ1v) is 11.5. The lowest BCUT2D eigenvalue weighted by atomic mass is 10.2. The van der Waals surface area contributed by atoms with Crippen LogP contribution in [0.25, 0.3) is 0 Å². The molecule has 1 fully saturated rings. The molecule has 1 aliphatic rings. The van der Waals surface area contributed by atoms with E-state index >= 15 is 0 Å². The summed E-state index contributed by atoms with van der Waals surface area (Å²) in [5, 5.41) is 6.00. The fourth-order valence-corrected chi connectivity index (χ4v) is 4.87. The smallest absolute Gasteiger partial charge is 0.246 e. The number of amides is 1. The molecule has 2 N–H and O–H groups in total. The highest BCUT2D eigenvalue weighted by Gasteiger charge is 2.27. The Morgan fingerprint density at radius 1 is 1.20 bits per heavy atom. The Hall–Kier alpha value is -2.36. The number of hydrogen-bond acceptors (Lipinski definition) is 6. The summed E-state index contributed by atoms with van der Waals surface area (Å²) in [7, 11) is -2.10. The van der Waals surface area contributed by atoms with Crippen LogP contribution >= 0.6 is 11.6 Å². The van der Waals surface area contributed by atoms with Gasteiger partial charge in [0, 0.05) is 19.2 Å². The van der Waals surface area contributed by atoms with Crippen molar-refractivity contribution in [3.8, 4) is 5.88 Å². The van der Waals surface area contributed by atoms with Gasteiger partial charge in [0.25, 0.3) is 0 Å². The van der Waals surface area contributed by atoms with Gasteiger partial charge in [-0.3, -0.25) is 4.79 Å². The van der Waals surface area contributed by atoms with Crippen molar-refractivity contribution >= 4 is 38.9 Å². The maximum absolute atomic E-state index is 12.9. The molecule has 8 nitrogen and oxygen atoms in total. The summed E-state index contributed by atoms with van der Waals surface area (Å²) in [5.41, 5.74) is 0.896. The van der Waals surface area contributed by atoms with Gasteiger partial charge in [0.05, 0.1) is 34.6 Å². The van der Waals surface area contributed by atoms with Crippen LogP contribution in [0.3, 0.4) is 0 Å². The van der Waals surface area contributed by atoms with E-state index in [1.165, 1.54) is 29.6 Å². The quantitative estimate of drug-likeness (QED) is 0.668. The minimum Gasteiger partial charge on any atom is -0.481 e. The van der Waals surface area contributed by atoms with Crippen LogP contribution in [0.15, 0.2) is 41.4 Å². The third-order valence-electron chi connectivity index (χ3n) is 4.87. The standard InChI is InChI=1S/C20H25ClN4O4S/c1-14(23-15-6-9-19(29-2)22-13-15)20(26)24-18-12-16(7-8-17(18)21)30(27,28)25-10-4-3-5-11-25/h6-9,12-14,23H,3-5,10-11H2,1-2H3,(H,24,26)/t14-/m0/s1. The molecular weight excluding hydrogens is 428 g/mol. The predicted octanol–water partition coefficient (Wildman–Crippen LogP) is 3.36. The first-order chi connectivity index (χ1) is 14.3. The molecule has 0 saturated carbocycles. The lowest BCUT2D eigenvalue weighted by molar-refractivity contribution is -0.116. The molecule has 0 bridgehead atoms.